The van der Waals surface area contributed by atoms with Gasteiger partial charge in [-0.15, -0.1) is 11.3 Å². The fraction of sp³-hybridized carbons (Fsp3) is 0.348. The molecule has 1 aliphatic heterocycles. The van der Waals surface area contributed by atoms with Crippen LogP contribution < -0.4 is 4.74 Å². The number of nitrogens with zero attached hydrogens (tertiary/aromatic N) is 3. The molecule has 0 radical (unpaired) electrons. The first-order valence-corrected chi connectivity index (χ1v) is 11.1. The molecule has 0 bridgehead atoms. The number of thiophene rings is 1. The molecule has 31 heavy (non-hydrogen) atoms. The molecule has 8 heteroatoms. The number of carbonyl (C=O) groups is 2. The smallest absolute Gasteiger partial charge is 0.276 e. The minimum Gasteiger partial charge on any atom is -0.489 e. The van der Waals surface area contributed by atoms with Gasteiger partial charge < -0.3 is 19.1 Å². The molecule has 1 saturated heterocycles. The molecule has 4 rings (SSSR count). The van der Waals surface area contributed by atoms with Crippen molar-refractivity contribution in [3.05, 3.63) is 68.7 Å². The quantitative estimate of drug-likeness (QED) is 0.604. The van der Waals surface area contributed by atoms with Gasteiger partial charge in [0, 0.05) is 26.2 Å². The Morgan fingerprint density at radius 2 is 1.74 bits per heavy atom. The minimum atomic E-state index is -0.196. The van der Waals surface area contributed by atoms with Crippen LogP contribution >= 0.6 is 11.3 Å². The van der Waals surface area contributed by atoms with Crippen LogP contribution in [0.2, 0.25) is 0 Å². The molecule has 7 nitrogen and oxygen atoms in total. The highest BCUT2D eigenvalue weighted by molar-refractivity contribution is 7.12. The van der Waals surface area contributed by atoms with Crippen LogP contribution in [0, 0.1) is 20.8 Å². The van der Waals surface area contributed by atoms with E-state index in [2.05, 4.69) is 5.16 Å². The van der Waals surface area contributed by atoms with E-state index >= 15 is 0 Å². The number of hydrogen-bond donors (Lipinski definition) is 0. The zero-order chi connectivity index (χ0) is 22.0. The number of carbonyl (C=O) groups excluding carboxylic acids is 2. The van der Waals surface area contributed by atoms with Crippen molar-refractivity contribution in [1.82, 2.24) is 15.0 Å². The number of piperazine rings is 1. The molecule has 0 spiro atoms. The van der Waals surface area contributed by atoms with Crippen LogP contribution in [0.3, 0.4) is 0 Å². The summed E-state index contributed by atoms with van der Waals surface area (Å²) in [5.74, 6) is 1.13. The molecule has 162 valence electrons. The number of ether oxygens (including phenoxy) is 1. The molecule has 3 heterocycles. The lowest BCUT2D eigenvalue weighted by atomic mass is 10.1. The molecule has 2 amide bonds. The lowest BCUT2D eigenvalue weighted by molar-refractivity contribution is 0.0531. The summed E-state index contributed by atoms with van der Waals surface area (Å²) < 4.78 is 11.2. The summed E-state index contributed by atoms with van der Waals surface area (Å²) in [6.45, 7) is 7.97. The maximum atomic E-state index is 13.1. The molecule has 1 fully saturated rings. The second kappa shape index (κ2) is 8.93. The van der Waals surface area contributed by atoms with Crippen molar-refractivity contribution in [2.24, 2.45) is 0 Å². The summed E-state index contributed by atoms with van der Waals surface area (Å²) in [5.41, 5.74) is 3.27. The summed E-state index contributed by atoms with van der Waals surface area (Å²) >= 11 is 1.43. The second-order valence-corrected chi connectivity index (χ2v) is 8.61. The Bertz CT molecular complexity index is 1080. The lowest BCUT2D eigenvalue weighted by Crippen LogP contribution is -2.50. The molecular weight excluding hydrogens is 414 g/mol. The van der Waals surface area contributed by atoms with Crippen molar-refractivity contribution in [1.29, 1.82) is 0 Å². The van der Waals surface area contributed by atoms with E-state index in [0.717, 1.165) is 16.2 Å². The second-order valence-electron chi connectivity index (χ2n) is 7.66. The third kappa shape index (κ3) is 4.49. The number of amides is 2. The van der Waals surface area contributed by atoms with E-state index in [1.807, 2.05) is 49.6 Å². The van der Waals surface area contributed by atoms with Crippen molar-refractivity contribution < 1.29 is 18.8 Å². The summed E-state index contributed by atoms with van der Waals surface area (Å²) in [5, 5.41) is 5.89. The van der Waals surface area contributed by atoms with Crippen molar-refractivity contribution >= 4 is 23.2 Å². The average molecular weight is 440 g/mol. The zero-order valence-electron chi connectivity index (χ0n) is 17.9. The summed E-state index contributed by atoms with van der Waals surface area (Å²) in [4.78, 5) is 29.8. The molecular formula is C23H25N3O4S. The first kappa shape index (κ1) is 21.1. The van der Waals surface area contributed by atoms with Crippen LogP contribution in [0.25, 0.3) is 0 Å². The van der Waals surface area contributed by atoms with Gasteiger partial charge in [0.05, 0.1) is 10.4 Å². The first-order chi connectivity index (χ1) is 14.9. The van der Waals surface area contributed by atoms with Crippen LogP contribution in [-0.2, 0) is 6.61 Å². The van der Waals surface area contributed by atoms with Gasteiger partial charge >= 0.3 is 0 Å². The highest BCUT2D eigenvalue weighted by Gasteiger charge is 2.29. The molecule has 2 aromatic heterocycles. The summed E-state index contributed by atoms with van der Waals surface area (Å²) in [6.07, 6.45) is 0. The highest BCUT2D eigenvalue weighted by atomic mass is 32.1. The van der Waals surface area contributed by atoms with E-state index in [0.29, 0.717) is 37.5 Å². The average Bonchev–Trinajstić information content (AvgIpc) is 3.44. The number of aromatic nitrogens is 1. The summed E-state index contributed by atoms with van der Waals surface area (Å²) in [7, 11) is 0. The van der Waals surface area contributed by atoms with Gasteiger partial charge in [-0.2, -0.15) is 0 Å². The molecule has 0 N–H and O–H groups in total. The number of rotatable bonds is 5. The van der Waals surface area contributed by atoms with Crippen molar-refractivity contribution in [2.75, 3.05) is 26.2 Å². The lowest BCUT2D eigenvalue weighted by Gasteiger charge is -2.34. The fourth-order valence-electron chi connectivity index (χ4n) is 3.51. The molecule has 0 unspecified atom stereocenters. The van der Waals surface area contributed by atoms with Gasteiger partial charge in [0.1, 0.15) is 18.1 Å². The Morgan fingerprint density at radius 3 is 2.39 bits per heavy atom. The third-order valence-corrected chi connectivity index (χ3v) is 6.49. The fourth-order valence-corrected chi connectivity index (χ4v) is 4.20. The van der Waals surface area contributed by atoms with Crippen LogP contribution in [0.1, 0.15) is 42.6 Å². The van der Waals surface area contributed by atoms with Gasteiger partial charge in [0.2, 0.25) is 0 Å². The molecule has 1 aromatic carbocycles. The van der Waals surface area contributed by atoms with Gasteiger partial charge in [-0.3, -0.25) is 9.59 Å². The predicted octanol–water partition coefficient (Wildman–Crippen LogP) is 3.84. The number of hydrogen-bond acceptors (Lipinski definition) is 6. The third-order valence-electron chi connectivity index (χ3n) is 5.63. The monoisotopic (exact) mass is 439 g/mol. The first-order valence-electron chi connectivity index (χ1n) is 10.2. The minimum absolute atomic E-state index is 0.0156. The number of benzene rings is 1. The Kier molecular flexibility index (Phi) is 6.08. The Balaban J connectivity index is 1.40. The van der Waals surface area contributed by atoms with Crippen LogP contribution in [-0.4, -0.2) is 52.9 Å². The van der Waals surface area contributed by atoms with Gasteiger partial charge in [-0.25, -0.2) is 0 Å². The maximum absolute atomic E-state index is 13.1. The molecule has 0 saturated carbocycles. The van der Waals surface area contributed by atoms with E-state index in [-0.39, 0.29) is 24.1 Å². The standard InChI is InChI=1S/C23H25N3O4S/c1-15-6-7-18(13-16(15)2)29-14-19-17(3)30-24-21(19)23(28)26-10-8-25(9-11-26)22(27)20-5-4-12-31-20/h4-7,12-13H,8-11,14H2,1-3H3. The van der Waals surface area contributed by atoms with E-state index < -0.39 is 0 Å². The molecule has 1 aliphatic rings. The van der Waals surface area contributed by atoms with E-state index in [1.165, 1.54) is 16.9 Å². The summed E-state index contributed by atoms with van der Waals surface area (Å²) in [6, 6.07) is 9.59. The Labute approximate surface area is 185 Å². The predicted molar refractivity (Wildman–Crippen MR) is 118 cm³/mol. The van der Waals surface area contributed by atoms with E-state index in [4.69, 9.17) is 9.26 Å². The normalized spacial score (nSPS) is 14.0. The van der Waals surface area contributed by atoms with Crippen molar-refractivity contribution in [3.8, 4) is 5.75 Å². The van der Waals surface area contributed by atoms with Gasteiger partial charge in [-0.05, 0) is 55.5 Å². The molecule has 0 atom stereocenters. The van der Waals surface area contributed by atoms with E-state index in [1.54, 1.807) is 16.7 Å². The Morgan fingerprint density at radius 1 is 1.03 bits per heavy atom. The Hall–Kier alpha value is -3.13. The highest BCUT2D eigenvalue weighted by Crippen LogP contribution is 2.22. The van der Waals surface area contributed by atoms with Crippen molar-refractivity contribution in [3.63, 3.8) is 0 Å². The maximum Gasteiger partial charge on any atom is 0.276 e. The van der Waals surface area contributed by atoms with Crippen LogP contribution in [0.5, 0.6) is 5.75 Å². The van der Waals surface area contributed by atoms with Crippen LogP contribution in [0.4, 0.5) is 0 Å². The van der Waals surface area contributed by atoms with Crippen molar-refractivity contribution in [2.45, 2.75) is 27.4 Å². The number of aryl methyl sites for hydroxylation is 3. The SMILES string of the molecule is Cc1ccc(OCc2c(C(=O)N3CCN(C(=O)c4cccs4)CC3)noc2C)cc1C. The molecule has 3 aromatic rings. The van der Waals surface area contributed by atoms with Gasteiger partial charge in [-0.1, -0.05) is 17.3 Å². The molecule has 0 aliphatic carbocycles. The topological polar surface area (TPSA) is 75.9 Å². The zero-order valence-corrected chi connectivity index (χ0v) is 18.7. The van der Waals surface area contributed by atoms with Gasteiger partial charge in [0.25, 0.3) is 11.8 Å². The van der Waals surface area contributed by atoms with Crippen LogP contribution in [0.15, 0.2) is 40.2 Å². The van der Waals surface area contributed by atoms with Gasteiger partial charge in [0.15, 0.2) is 5.69 Å². The van der Waals surface area contributed by atoms with E-state index in [9.17, 15) is 9.59 Å². The largest absolute Gasteiger partial charge is 0.489 e.